The maximum absolute atomic E-state index is 11.2. The molecule has 0 N–H and O–H groups in total. The van der Waals surface area contributed by atoms with Crippen LogP contribution in [0, 0.1) is 0 Å². The van der Waals surface area contributed by atoms with E-state index in [2.05, 4.69) is 25.8 Å². The van der Waals surface area contributed by atoms with E-state index in [1.165, 1.54) is 0 Å². The van der Waals surface area contributed by atoms with Crippen LogP contribution >= 0.6 is 0 Å². The fourth-order valence-corrected chi connectivity index (χ4v) is 1.83. The predicted molar refractivity (Wildman–Crippen MR) is 66.1 cm³/mol. The molecule has 1 aromatic rings. The number of imidazole rings is 1. The summed E-state index contributed by atoms with van der Waals surface area (Å²) in [5, 5.41) is 0. The van der Waals surface area contributed by atoms with Crippen molar-refractivity contribution in [2.75, 3.05) is 11.7 Å². The van der Waals surface area contributed by atoms with Crippen LogP contribution < -0.4 is 4.74 Å². The summed E-state index contributed by atoms with van der Waals surface area (Å²) in [6.07, 6.45) is 1.83. The average Bonchev–Trinajstić information content (AvgIpc) is 2.55. The molecule has 0 radical (unpaired) electrons. The van der Waals surface area contributed by atoms with E-state index < -0.39 is 10.8 Å². The van der Waals surface area contributed by atoms with E-state index in [4.69, 9.17) is 4.74 Å². The van der Waals surface area contributed by atoms with Crippen LogP contribution in [0.25, 0.3) is 0 Å². The van der Waals surface area contributed by atoms with Gasteiger partial charge in [0.15, 0.2) is 5.94 Å². The van der Waals surface area contributed by atoms with E-state index in [-0.39, 0.29) is 11.4 Å². The van der Waals surface area contributed by atoms with E-state index in [1.807, 2.05) is 24.7 Å². The van der Waals surface area contributed by atoms with Crippen molar-refractivity contribution in [3.8, 4) is 5.88 Å². The topological polar surface area (TPSA) is 44.1 Å². The standard InChI is InChI=1S/C11H20N2O2S/c1-6-16(14)8-15-9-7-13(5)10(12-9)11(2,3)4/h7H,6,8H2,1-5H3. The van der Waals surface area contributed by atoms with Gasteiger partial charge in [-0.3, -0.25) is 4.21 Å². The molecule has 0 bridgehead atoms. The molecule has 0 amide bonds. The van der Waals surface area contributed by atoms with Gasteiger partial charge in [-0.1, -0.05) is 27.7 Å². The largest absolute Gasteiger partial charge is 0.463 e. The third-order valence-electron chi connectivity index (χ3n) is 2.19. The van der Waals surface area contributed by atoms with Gasteiger partial charge in [-0.25, -0.2) is 0 Å². The Bertz CT molecular complexity index is 380. The smallest absolute Gasteiger partial charge is 0.232 e. The van der Waals surface area contributed by atoms with Crippen molar-refractivity contribution in [2.24, 2.45) is 7.05 Å². The Morgan fingerprint density at radius 2 is 2.12 bits per heavy atom. The second kappa shape index (κ2) is 4.99. The zero-order valence-corrected chi connectivity index (χ0v) is 11.4. The van der Waals surface area contributed by atoms with Crippen molar-refractivity contribution in [1.82, 2.24) is 9.55 Å². The Hall–Kier alpha value is -0.840. The van der Waals surface area contributed by atoms with E-state index in [0.717, 1.165) is 5.82 Å². The van der Waals surface area contributed by atoms with Crippen molar-refractivity contribution in [2.45, 2.75) is 33.1 Å². The molecule has 0 aliphatic rings. The number of hydrogen-bond donors (Lipinski definition) is 0. The van der Waals surface area contributed by atoms with Crippen LogP contribution in [0.15, 0.2) is 6.20 Å². The fraction of sp³-hybridized carbons (Fsp3) is 0.727. The molecule has 0 saturated heterocycles. The molecule has 0 spiro atoms. The van der Waals surface area contributed by atoms with E-state index in [1.54, 1.807) is 0 Å². The van der Waals surface area contributed by atoms with Gasteiger partial charge in [-0.15, -0.1) is 0 Å². The normalized spacial score (nSPS) is 13.8. The second-order valence-corrected chi connectivity index (χ2v) is 6.45. The molecule has 4 nitrogen and oxygen atoms in total. The first-order valence-electron chi connectivity index (χ1n) is 5.36. The van der Waals surface area contributed by atoms with Crippen molar-refractivity contribution < 1.29 is 8.95 Å². The van der Waals surface area contributed by atoms with Crippen molar-refractivity contribution in [3.63, 3.8) is 0 Å². The third-order valence-corrected chi connectivity index (χ3v) is 3.21. The van der Waals surface area contributed by atoms with Crippen LogP contribution in [0.3, 0.4) is 0 Å². The Balaban J connectivity index is 2.74. The summed E-state index contributed by atoms with van der Waals surface area (Å²) in [6.45, 7) is 8.18. The van der Waals surface area contributed by atoms with E-state index in [0.29, 0.717) is 11.6 Å². The van der Waals surface area contributed by atoms with Crippen LogP contribution in [-0.4, -0.2) is 25.5 Å². The number of hydrogen-bond acceptors (Lipinski definition) is 3. The summed E-state index contributed by atoms with van der Waals surface area (Å²) in [6, 6.07) is 0. The fourth-order valence-electron chi connectivity index (χ4n) is 1.41. The third kappa shape index (κ3) is 3.33. The van der Waals surface area contributed by atoms with Gasteiger partial charge in [0.25, 0.3) is 0 Å². The lowest BCUT2D eigenvalue weighted by Gasteiger charge is -2.16. The zero-order valence-electron chi connectivity index (χ0n) is 10.6. The first kappa shape index (κ1) is 13.2. The molecular weight excluding hydrogens is 224 g/mol. The Kier molecular flexibility index (Phi) is 4.13. The van der Waals surface area contributed by atoms with Crippen molar-refractivity contribution in [1.29, 1.82) is 0 Å². The van der Waals surface area contributed by atoms with Gasteiger partial charge in [0.1, 0.15) is 5.82 Å². The van der Waals surface area contributed by atoms with Crippen LogP contribution in [0.4, 0.5) is 0 Å². The highest BCUT2D eigenvalue weighted by Gasteiger charge is 2.20. The second-order valence-electron chi connectivity index (χ2n) is 4.75. The molecule has 92 valence electrons. The minimum Gasteiger partial charge on any atom is -0.463 e. The summed E-state index contributed by atoms with van der Waals surface area (Å²) >= 11 is 0. The molecule has 16 heavy (non-hydrogen) atoms. The maximum Gasteiger partial charge on any atom is 0.232 e. The van der Waals surface area contributed by atoms with Crippen molar-refractivity contribution in [3.05, 3.63) is 12.0 Å². The van der Waals surface area contributed by atoms with Gasteiger partial charge in [-0.2, -0.15) is 4.98 Å². The molecule has 0 aliphatic carbocycles. The first-order chi connectivity index (χ1) is 7.34. The van der Waals surface area contributed by atoms with Crippen LogP contribution in [0.2, 0.25) is 0 Å². The maximum atomic E-state index is 11.2. The van der Waals surface area contributed by atoms with Gasteiger partial charge >= 0.3 is 0 Å². The van der Waals surface area contributed by atoms with Crippen LogP contribution in [0.1, 0.15) is 33.5 Å². The molecule has 1 atom stereocenters. The molecule has 0 aliphatic heterocycles. The number of aryl methyl sites for hydroxylation is 1. The van der Waals surface area contributed by atoms with Crippen LogP contribution in [-0.2, 0) is 23.3 Å². The number of ether oxygens (including phenoxy) is 1. The summed E-state index contributed by atoms with van der Waals surface area (Å²) in [4.78, 5) is 4.39. The first-order valence-corrected chi connectivity index (χ1v) is 6.85. The summed E-state index contributed by atoms with van der Waals surface area (Å²) < 4.78 is 18.6. The summed E-state index contributed by atoms with van der Waals surface area (Å²) in [5.74, 6) is 2.34. The van der Waals surface area contributed by atoms with Crippen LogP contribution in [0.5, 0.6) is 5.88 Å². The molecule has 1 heterocycles. The molecule has 1 rings (SSSR count). The highest BCUT2D eigenvalue weighted by molar-refractivity contribution is 7.84. The molecular formula is C11H20N2O2S. The molecule has 0 fully saturated rings. The van der Waals surface area contributed by atoms with E-state index >= 15 is 0 Å². The molecule has 1 aromatic heterocycles. The number of nitrogens with zero attached hydrogens (tertiary/aromatic N) is 2. The van der Waals surface area contributed by atoms with Gasteiger partial charge in [0, 0.05) is 18.2 Å². The molecule has 0 aromatic carbocycles. The lowest BCUT2D eigenvalue weighted by atomic mass is 9.96. The zero-order chi connectivity index (χ0) is 12.3. The lowest BCUT2D eigenvalue weighted by Crippen LogP contribution is -2.17. The highest BCUT2D eigenvalue weighted by atomic mass is 32.2. The minimum absolute atomic E-state index is 0.0136. The van der Waals surface area contributed by atoms with Gasteiger partial charge in [0.2, 0.25) is 5.88 Å². The van der Waals surface area contributed by atoms with Gasteiger partial charge in [0.05, 0.1) is 17.0 Å². The average molecular weight is 244 g/mol. The SMILES string of the molecule is CCS(=O)COc1cn(C)c(C(C)(C)C)n1. The van der Waals surface area contributed by atoms with Crippen molar-refractivity contribution >= 4 is 10.8 Å². The lowest BCUT2D eigenvalue weighted by molar-refractivity contribution is 0.370. The number of aromatic nitrogens is 2. The Morgan fingerprint density at radius 1 is 1.50 bits per heavy atom. The summed E-state index contributed by atoms with van der Waals surface area (Å²) in [7, 11) is 1.02. The number of rotatable bonds is 4. The predicted octanol–water partition coefficient (Wildman–Crippen LogP) is 1.82. The molecule has 0 saturated carbocycles. The summed E-state index contributed by atoms with van der Waals surface area (Å²) in [5.41, 5.74) is -0.0136. The highest BCUT2D eigenvalue weighted by Crippen LogP contribution is 2.23. The molecule has 1 unspecified atom stereocenters. The Morgan fingerprint density at radius 3 is 2.56 bits per heavy atom. The monoisotopic (exact) mass is 244 g/mol. The van der Waals surface area contributed by atoms with Gasteiger partial charge < -0.3 is 9.30 Å². The Labute approximate surface area is 99.5 Å². The molecule has 5 heteroatoms. The van der Waals surface area contributed by atoms with E-state index in [9.17, 15) is 4.21 Å². The minimum atomic E-state index is -0.917. The van der Waals surface area contributed by atoms with Gasteiger partial charge in [-0.05, 0) is 0 Å². The quantitative estimate of drug-likeness (QED) is 0.811.